The minimum absolute atomic E-state index is 0.0474. The number of benzene rings is 2. The molecule has 1 aliphatic rings. The zero-order valence-electron chi connectivity index (χ0n) is 18.7. The number of carbonyl (C=O) groups is 4. The Bertz CT molecular complexity index is 1250. The van der Waals surface area contributed by atoms with Gasteiger partial charge in [0.2, 0.25) is 0 Å². The van der Waals surface area contributed by atoms with Gasteiger partial charge < -0.3 is 15.8 Å². The third-order valence-electron chi connectivity index (χ3n) is 5.40. The van der Waals surface area contributed by atoms with Gasteiger partial charge in [0, 0.05) is 4.88 Å². The predicted molar refractivity (Wildman–Crippen MR) is 129 cm³/mol. The van der Waals surface area contributed by atoms with E-state index in [1.807, 2.05) is 30.3 Å². The van der Waals surface area contributed by atoms with Gasteiger partial charge in [0.1, 0.15) is 11.6 Å². The lowest BCUT2D eigenvalue weighted by atomic mass is 10.0. The molecule has 0 spiro atoms. The van der Waals surface area contributed by atoms with E-state index in [2.05, 4.69) is 5.32 Å². The van der Waals surface area contributed by atoms with Gasteiger partial charge in [-0.3, -0.25) is 24.1 Å². The first kappa shape index (κ1) is 23.3. The van der Waals surface area contributed by atoms with Crippen LogP contribution in [0.5, 0.6) is 0 Å². The van der Waals surface area contributed by atoms with Crippen molar-refractivity contribution in [3.8, 4) is 10.4 Å². The molecule has 1 aromatic heterocycles. The molecule has 0 radical (unpaired) electrons. The molecular formula is C25H23N3O5S. The van der Waals surface area contributed by atoms with Crippen molar-refractivity contribution in [2.75, 3.05) is 18.5 Å². The Morgan fingerprint density at radius 1 is 1.00 bits per heavy atom. The van der Waals surface area contributed by atoms with Gasteiger partial charge in [-0.2, -0.15) is 0 Å². The first-order chi connectivity index (χ1) is 16.2. The number of nitrogens with two attached hydrogens (primary N) is 1. The summed E-state index contributed by atoms with van der Waals surface area (Å²) >= 11 is 1.24. The maximum Gasteiger partial charge on any atom is 0.262 e. The molecule has 174 valence electrons. The average Bonchev–Trinajstić information content (AvgIpc) is 3.34. The van der Waals surface area contributed by atoms with Crippen LogP contribution in [0.15, 0.2) is 60.7 Å². The molecular weight excluding hydrogens is 454 g/mol. The fraction of sp³-hybridized carbons (Fsp3) is 0.200. The second-order valence-corrected chi connectivity index (χ2v) is 9.48. The summed E-state index contributed by atoms with van der Waals surface area (Å²) in [6.07, 6.45) is 0. The molecule has 0 saturated carbocycles. The molecule has 0 atom stereocenters. The lowest BCUT2D eigenvalue weighted by Gasteiger charge is -2.33. The number of hydrogen-bond donors (Lipinski definition) is 2. The zero-order valence-corrected chi connectivity index (χ0v) is 19.5. The number of primary amides is 1. The van der Waals surface area contributed by atoms with Crippen LogP contribution in [0, 0.1) is 0 Å². The number of hydrogen-bond acceptors (Lipinski definition) is 6. The van der Waals surface area contributed by atoms with Gasteiger partial charge in [0.05, 0.1) is 28.8 Å². The number of nitrogens with one attached hydrogen (secondary N) is 1. The van der Waals surface area contributed by atoms with Crippen molar-refractivity contribution in [3.63, 3.8) is 0 Å². The quantitative estimate of drug-likeness (QED) is 0.481. The second kappa shape index (κ2) is 9.20. The van der Waals surface area contributed by atoms with Crippen LogP contribution in [0.4, 0.5) is 5.00 Å². The van der Waals surface area contributed by atoms with E-state index >= 15 is 0 Å². The molecule has 0 bridgehead atoms. The summed E-state index contributed by atoms with van der Waals surface area (Å²) in [6.45, 7) is 3.02. The molecule has 8 nitrogen and oxygen atoms in total. The first-order valence-corrected chi connectivity index (χ1v) is 11.4. The van der Waals surface area contributed by atoms with E-state index in [0.29, 0.717) is 16.1 Å². The van der Waals surface area contributed by atoms with E-state index in [4.69, 9.17) is 10.5 Å². The Morgan fingerprint density at radius 2 is 1.59 bits per heavy atom. The van der Waals surface area contributed by atoms with Gasteiger partial charge in [-0.05, 0) is 37.6 Å². The van der Waals surface area contributed by atoms with Gasteiger partial charge >= 0.3 is 0 Å². The number of amides is 4. The molecule has 3 aromatic rings. The number of rotatable bonds is 8. The maximum absolute atomic E-state index is 12.7. The van der Waals surface area contributed by atoms with E-state index in [1.54, 1.807) is 44.2 Å². The Morgan fingerprint density at radius 3 is 2.18 bits per heavy atom. The minimum Gasteiger partial charge on any atom is -0.369 e. The van der Waals surface area contributed by atoms with Crippen LogP contribution in [0.3, 0.4) is 0 Å². The third-order valence-corrected chi connectivity index (χ3v) is 6.50. The van der Waals surface area contributed by atoms with Crippen molar-refractivity contribution in [2.24, 2.45) is 5.73 Å². The number of anilines is 1. The van der Waals surface area contributed by atoms with E-state index in [0.717, 1.165) is 15.3 Å². The SMILES string of the molecule is CC(C)(COCC(=O)Nc1sc(-c2ccccc2)cc1C(N)=O)N1C(=O)c2ccccc2C1=O. The van der Waals surface area contributed by atoms with Crippen molar-refractivity contribution in [3.05, 3.63) is 77.4 Å². The molecule has 34 heavy (non-hydrogen) atoms. The Balaban J connectivity index is 1.39. The molecule has 0 aliphatic carbocycles. The number of thiophene rings is 1. The summed E-state index contributed by atoms with van der Waals surface area (Å²) in [6, 6.07) is 17.7. The van der Waals surface area contributed by atoms with Crippen LogP contribution in [-0.2, 0) is 9.53 Å². The molecule has 4 amide bonds. The summed E-state index contributed by atoms with van der Waals surface area (Å²) in [5.74, 6) is -1.92. The minimum atomic E-state index is -0.977. The Kier molecular flexibility index (Phi) is 6.32. The molecule has 4 rings (SSSR count). The highest BCUT2D eigenvalue weighted by molar-refractivity contribution is 7.20. The van der Waals surface area contributed by atoms with E-state index in [9.17, 15) is 19.2 Å². The standard InChI is InChI=1S/C25H23N3O5S/c1-25(2,28-23(31)16-10-6-7-11-17(16)24(28)32)14-33-13-20(29)27-22-18(21(26)30)12-19(34-22)15-8-4-3-5-9-15/h3-12H,13-14H2,1-2H3,(H2,26,30)(H,27,29). The second-order valence-electron chi connectivity index (χ2n) is 8.43. The number of nitrogens with zero attached hydrogens (tertiary/aromatic N) is 1. The average molecular weight is 478 g/mol. The summed E-state index contributed by atoms with van der Waals surface area (Å²) < 4.78 is 5.56. The normalized spacial score (nSPS) is 13.2. The smallest absolute Gasteiger partial charge is 0.262 e. The molecule has 0 saturated heterocycles. The zero-order chi connectivity index (χ0) is 24.5. The van der Waals surface area contributed by atoms with Crippen molar-refractivity contribution in [1.82, 2.24) is 4.90 Å². The number of carbonyl (C=O) groups excluding carboxylic acids is 4. The molecule has 2 aromatic carbocycles. The monoisotopic (exact) mass is 477 g/mol. The van der Waals surface area contributed by atoms with Crippen LogP contribution in [0.1, 0.15) is 44.9 Å². The van der Waals surface area contributed by atoms with Crippen molar-refractivity contribution in [1.29, 1.82) is 0 Å². The highest BCUT2D eigenvalue weighted by Gasteiger charge is 2.44. The molecule has 9 heteroatoms. The highest BCUT2D eigenvalue weighted by atomic mass is 32.1. The van der Waals surface area contributed by atoms with Crippen molar-refractivity contribution >= 4 is 40.0 Å². The van der Waals surface area contributed by atoms with Crippen LogP contribution in [-0.4, -0.2) is 47.3 Å². The van der Waals surface area contributed by atoms with E-state index in [1.165, 1.54) is 11.3 Å². The molecule has 1 aliphatic heterocycles. The number of imide groups is 1. The van der Waals surface area contributed by atoms with Gasteiger partial charge in [0.15, 0.2) is 0 Å². The van der Waals surface area contributed by atoms with Crippen molar-refractivity contribution in [2.45, 2.75) is 19.4 Å². The lowest BCUT2D eigenvalue weighted by molar-refractivity contribution is -0.121. The largest absolute Gasteiger partial charge is 0.369 e. The molecule has 0 fully saturated rings. The summed E-state index contributed by atoms with van der Waals surface area (Å²) in [5.41, 5.74) is 6.32. The topological polar surface area (TPSA) is 119 Å². The molecule has 3 N–H and O–H groups in total. The van der Waals surface area contributed by atoms with E-state index < -0.39 is 29.2 Å². The van der Waals surface area contributed by atoms with Crippen LogP contribution >= 0.6 is 11.3 Å². The highest BCUT2D eigenvalue weighted by Crippen LogP contribution is 2.35. The Labute approximate surface area is 200 Å². The van der Waals surface area contributed by atoms with Crippen molar-refractivity contribution < 1.29 is 23.9 Å². The van der Waals surface area contributed by atoms with Gasteiger partial charge in [-0.25, -0.2) is 0 Å². The van der Waals surface area contributed by atoms with E-state index in [-0.39, 0.29) is 18.8 Å². The van der Waals surface area contributed by atoms with Crippen LogP contribution < -0.4 is 11.1 Å². The first-order valence-electron chi connectivity index (χ1n) is 10.5. The van der Waals surface area contributed by atoms with Gasteiger partial charge in [0.25, 0.3) is 23.6 Å². The lowest BCUT2D eigenvalue weighted by Crippen LogP contribution is -2.50. The van der Waals surface area contributed by atoms with Gasteiger partial charge in [-0.15, -0.1) is 11.3 Å². The summed E-state index contributed by atoms with van der Waals surface area (Å²) in [4.78, 5) is 51.8. The predicted octanol–water partition coefficient (Wildman–Crippen LogP) is 3.54. The van der Waals surface area contributed by atoms with Crippen LogP contribution in [0.25, 0.3) is 10.4 Å². The summed E-state index contributed by atoms with van der Waals surface area (Å²) in [5, 5.41) is 3.01. The molecule has 0 unspecified atom stereocenters. The fourth-order valence-corrected chi connectivity index (χ4v) is 4.86. The third kappa shape index (κ3) is 4.48. The summed E-state index contributed by atoms with van der Waals surface area (Å²) in [7, 11) is 0. The van der Waals surface area contributed by atoms with Crippen LogP contribution in [0.2, 0.25) is 0 Å². The molecule has 2 heterocycles. The van der Waals surface area contributed by atoms with Gasteiger partial charge in [-0.1, -0.05) is 42.5 Å². The maximum atomic E-state index is 12.7. The number of ether oxygens (including phenoxy) is 1. The number of fused-ring (bicyclic) bond motifs is 1. The Hall–Kier alpha value is -3.82. The fourth-order valence-electron chi connectivity index (χ4n) is 3.77.